The van der Waals surface area contributed by atoms with E-state index in [1.165, 1.54) is 0 Å². The maximum absolute atomic E-state index is 12.3. The van der Waals surface area contributed by atoms with Crippen LogP contribution in [0.25, 0.3) is 0 Å². The first kappa shape index (κ1) is 16.9. The molecule has 0 saturated heterocycles. The zero-order valence-corrected chi connectivity index (χ0v) is 13.0. The zero-order valence-electron chi connectivity index (χ0n) is 12.2. The summed E-state index contributed by atoms with van der Waals surface area (Å²) in [6.07, 6.45) is 7.40. The maximum atomic E-state index is 12.3. The molecule has 1 amide bonds. The lowest BCUT2D eigenvalue weighted by molar-refractivity contribution is -0.132. The Labute approximate surface area is 127 Å². The van der Waals surface area contributed by atoms with Crippen LogP contribution in [0.5, 0.6) is 0 Å². The average Bonchev–Trinajstić information content (AvgIpc) is 2.83. The van der Waals surface area contributed by atoms with Crippen LogP contribution >= 0.6 is 12.4 Å². The Morgan fingerprint density at radius 1 is 1.45 bits per heavy atom. The van der Waals surface area contributed by atoms with E-state index in [9.17, 15) is 4.79 Å². The molecule has 0 radical (unpaired) electrons. The van der Waals surface area contributed by atoms with Crippen LogP contribution < -0.4 is 5.73 Å². The van der Waals surface area contributed by atoms with Crippen molar-refractivity contribution in [1.29, 1.82) is 0 Å². The van der Waals surface area contributed by atoms with Crippen molar-refractivity contribution in [1.82, 2.24) is 9.88 Å². The monoisotopic (exact) mass is 297 g/mol. The zero-order chi connectivity index (χ0) is 13.8. The predicted molar refractivity (Wildman–Crippen MR) is 82.6 cm³/mol. The highest BCUT2D eigenvalue weighted by molar-refractivity contribution is 5.85. The number of pyridine rings is 1. The van der Waals surface area contributed by atoms with Crippen LogP contribution in [-0.2, 0) is 4.79 Å². The van der Waals surface area contributed by atoms with E-state index in [1.807, 2.05) is 31.0 Å². The van der Waals surface area contributed by atoms with E-state index in [4.69, 9.17) is 5.73 Å². The van der Waals surface area contributed by atoms with Crippen molar-refractivity contribution in [2.24, 2.45) is 11.7 Å². The van der Waals surface area contributed by atoms with E-state index in [-0.39, 0.29) is 30.4 Å². The molecule has 5 heteroatoms. The molecule has 1 aromatic heterocycles. The summed E-state index contributed by atoms with van der Waals surface area (Å²) in [5.41, 5.74) is 7.15. The van der Waals surface area contributed by atoms with Crippen LogP contribution in [0.2, 0.25) is 0 Å². The van der Waals surface area contributed by atoms with Crippen molar-refractivity contribution in [2.75, 3.05) is 7.05 Å². The van der Waals surface area contributed by atoms with Crippen LogP contribution in [0.4, 0.5) is 0 Å². The van der Waals surface area contributed by atoms with Gasteiger partial charge in [0.2, 0.25) is 5.91 Å². The van der Waals surface area contributed by atoms with Gasteiger partial charge in [0.1, 0.15) is 0 Å². The summed E-state index contributed by atoms with van der Waals surface area (Å²) in [5.74, 6) is 0.547. The second kappa shape index (κ2) is 7.60. The number of hydrogen-bond donors (Lipinski definition) is 1. The van der Waals surface area contributed by atoms with Gasteiger partial charge in [-0.25, -0.2) is 0 Å². The van der Waals surface area contributed by atoms with Gasteiger partial charge < -0.3 is 10.6 Å². The Kier molecular flexibility index (Phi) is 6.43. The Bertz CT molecular complexity index is 426. The van der Waals surface area contributed by atoms with E-state index in [2.05, 4.69) is 4.98 Å². The van der Waals surface area contributed by atoms with Gasteiger partial charge in [0, 0.05) is 31.9 Å². The number of halogens is 1. The van der Waals surface area contributed by atoms with Gasteiger partial charge in [0.05, 0.1) is 6.04 Å². The second-order valence-corrected chi connectivity index (χ2v) is 5.52. The summed E-state index contributed by atoms with van der Waals surface area (Å²) in [5, 5.41) is 0. The number of aromatic nitrogens is 1. The summed E-state index contributed by atoms with van der Waals surface area (Å²) in [6.45, 7) is 2.04. The smallest absolute Gasteiger partial charge is 0.223 e. The van der Waals surface area contributed by atoms with Gasteiger partial charge in [-0.05, 0) is 43.4 Å². The van der Waals surface area contributed by atoms with Crippen LogP contribution in [0, 0.1) is 5.92 Å². The van der Waals surface area contributed by atoms with Gasteiger partial charge >= 0.3 is 0 Å². The van der Waals surface area contributed by atoms with Gasteiger partial charge in [-0.2, -0.15) is 0 Å². The van der Waals surface area contributed by atoms with Crippen molar-refractivity contribution in [3.05, 3.63) is 30.1 Å². The molecule has 20 heavy (non-hydrogen) atoms. The van der Waals surface area contributed by atoms with Crippen molar-refractivity contribution < 1.29 is 4.79 Å². The highest BCUT2D eigenvalue weighted by Gasteiger charge is 2.28. The molecule has 0 bridgehead atoms. The maximum Gasteiger partial charge on any atom is 0.223 e. The molecule has 0 aliphatic heterocycles. The van der Waals surface area contributed by atoms with Crippen LogP contribution in [-0.4, -0.2) is 28.9 Å². The first-order chi connectivity index (χ1) is 9.09. The lowest BCUT2D eigenvalue weighted by Crippen LogP contribution is -2.34. The molecule has 1 aliphatic carbocycles. The molecule has 1 aromatic rings. The third kappa shape index (κ3) is 3.93. The predicted octanol–water partition coefficient (Wildman–Crippen LogP) is 2.54. The Hall–Kier alpha value is -1.13. The number of rotatable bonds is 4. The van der Waals surface area contributed by atoms with Crippen LogP contribution in [0.3, 0.4) is 0 Å². The molecule has 2 N–H and O–H groups in total. The first-order valence-electron chi connectivity index (χ1n) is 7.00. The molecule has 2 rings (SSSR count). The SMILES string of the molecule is CC(c1ccncc1)N(C)C(=O)C[C@@H]1CCC[C@H]1N.Cl. The summed E-state index contributed by atoms with van der Waals surface area (Å²) >= 11 is 0. The largest absolute Gasteiger partial charge is 0.339 e. The van der Waals surface area contributed by atoms with E-state index < -0.39 is 0 Å². The van der Waals surface area contributed by atoms with Crippen molar-refractivity contribution in [2.45, 2.75) is 44.7 Å². The summed E-state index contributed by atoms with van der Waals surface area (Å²) in [7, 11) is 1.87. The highest BCUT2D eigenvalue weighted by Crippen LogP contribution is 2.28. The average molecular weight is 298 g/mol. The number of nitrogens with two attached hydrogens (primary N) is 1. The van der Waals surface area contributed by atoms with Crippen molar-refractivity contribution >= 4 is 18.3 Å². The molecule has 1 unspecified atom stereocenters. The molecule has 0 aromatic carbocycles. The number of amides is 1. The minimum absolute atomic E-state index is 0. The normalized spacial score (nSPS) is 22.9. The molecule has 4 nitrogen and oxygen atoms in total. The summed E-state index contributed by atoms with van der Waals surface area (Å²) in [6, 6.07) is 4.19. The van der Waals surface area contributed by atoms with Gasteiger partial charge in [-0.3, -0.25) is 9.78 Å². The van der Waals surface area contributed by atoms with E-state index in [0.29, 0.717) is 12.3 Å². The topological polar surface area (TPSA) is 59.2 Å². The Balaban J connectivity index is 0.00000200. The standard InChI is InChI=1S/C15H23N3O.ClH/c1-11(12-6-8-17-9-7-12)18(2)15(19)10-13-4-3-5-14(13)16;/h6-9,11,13-14H,3-5,10,16H2,1-2H3;1H/t11?,13-,14+;/m0./s1. The molecule has 0 spiro atoms. The Morgan fingerprint density at radius 2 is 2.10 bits per heavy atom. The molecule has 1 saturated carbocycles. The van der Waals surface area contributed by atoms with Gasteiger partial charge in [0.25, 0.3) is 0 Å². The molecule has 112 valence electrons. The summed E-state index contributed by atoms with van der Waals surface area (Å²) < 4.78 is 0. The first-order valence-corrected chi connectivity index (χ1v) is 7.00. The minimum atomic E-state index is 0. The lowest BCUT2D eigenvalue weighted by atomic mass is 9.98. The highest BCUT2D eigenvalue weighted by atomic mass is 35.5. The molecular weight excluding hydrogens is 274 g/mol. The molecule has 3 atom stereocenters. The third-order valence-corrected chi connectivity index (χ3v) is 4.32. The Morgan fingerprint density at radius 3 is 2.65 bits per heavy atom. The molecular formula is C15H24ClN3O. The van der Waals surface area contributed by atoms with E-state index in [0.717, 1.165) is 24.8 Å². The summed E-state index contributed by atoms with van der Waals surface area (Å²) in [4.78, 5) is 18.1. The number of carbonyl (C=O) groups excluding carboxylic acids is 1. The number of nitrogens with zero attached hydrogens (tertiary/aromatic N) is 2. The number of carbonyl (C=O) groups is 1. The second-order valence-electron chi connectivity index (χ2n) is 5.52. The minimum Gasteiger partial charge on any atom is -0.339 e. The quantitative estimate of drug-likeness (QED) is 0.929. The van der Waals surface area contributed by atoms with Crippen molar-refractivity contribution in [3.8, 4) is 0 Å². The van der Waals surface area contributed by atoms with Gasteiger partial charge in [0.15, 0.2) is 0 Å². The van der Waals surface area contributed by atoms with Crippen LogP contribution in [0.1, 0.15) is 44.2 Å². The van der Waals surface area contributed by atoms with Crippen molar-refractivity contribution in [3.63, 3.8) is 0 Å². The lowest BCUT2D eigenvalue weighted by Gasteiger charge is -2.27. The molecule has 1 aliphatic rings. The fourth-order valence-electron chi connectivity index (χ4n) is 2.77. The third-order valence-electron chi connectivity index (χ3n) is 4.32. The molecule has 1 heterocycles. The fourth-order valence-corrected chi connectivity index (χ4v) is 2.77. The molecule has 1 fully saturated rings. The van der Waals surface area contributed by atoms with Gasteiger partial charge in [-0.15, -0.1) is 12.4 Å². The van der Waals surface area contributed by atoms with Crippen LogP contribution in [0.15, 0.2) is 24.5 Å². The fraction of sp³-hybridized carbons (Fsp3) is 0.600. The number of hydrogen-bond acceptors (Lipinski definition) is 3. The van der Waals surface area contributed by atoms with E-state index in [1.54, 1.807) is 12.4 Å². The van der Waals surface area contributed by atoms with Gasteiger partial charge in [-0.1, -0.05) is 6.42 Å². The van der Waals surface area contributed by atoms with E-state index >= 15 is 0 Å².